The second-order valence-corrected chi connectivity index (χ2v) is 8.48. The van der Waals surface area contributed by atoms with Crippen molar-refractivity contribution in [3.8, 4) is 0 Å². The van der Waals surface area contributed by atoms with E-state index in [-0.39, 0.29) is 29.5 Å². The smallest absolute Gasteiger partial charge is 0.191 e. The molecule has 9 heteroatoms. The summed E-state index contributed by atoms with van der Waals surface area (Å²) in [6.45, 7) is 8.31. The van der Waals surface area contributed by atoms with Crippen molar-refractivity contribution in [2.75, 3.05) is 57.4 Å². The SMILES string of the molecule is CCNC(=NCC1(N2CCOCC2)CCSC1)NCCc1ccc(Cl)nc1.I. The number of hydrogen-bond acceptors (Lipinski definition) is 5. The van der Waals surface area contributed by atoms with E-state index in [4.69, 9.17) is 21.3 Å². The number of thioether (sulfide) groups is 1. The number of nitrogens with one attached hydrogen (secondary N) is 2. The minimum absolute atomic E-state index is 0. The first kappa shape index (κ1) is 24.0. The molecule has 0 amide bonds. The Bertz CT molecular complexity index is 607. The summed E-state index contributed by atoms with van der Waals surface area (Å²) in [4.78, 5) is 11.7. The van der Waals surface area contributed by atoms with Crippen LogP contribution in [0.1, 0.15) is 18.9 Å². The average molecular weight is 540 g/mol. The van der Waals surface area contributed by atoms with Gasteiger partial charge in [-0.05, 0) is 37.1 Å². The fraction of sp³-hybridized carbons (Fsp3) is 0.684. The van der Waals surface area contributed by atoms with Gasteiger partial charge in [0, 0.05) is 38.1 Å². The third-order valence-electron chi connectivity index (χ3n) is 5.13. The van der Waals surface area contributed by atoms with Crippen LogP contribution in [-0.2, 0) is 11.2 Å². The van der Waals surface area contributed by atoms with Gasteiger partial charge in [0.05, 0.1) is 25.3 Å². The van der Waals surface area contributed by atoms with Gasteiger partial charge in [0.25, 0.3) is 0 Å². The van der Waals surface area contributed by atoms with Gasteiger partial charge in [-0.2, -0.15) is 11.8 Å². The number of ether oxygens (including phenoxy) is 1. The number of guanidine groups is 1. The van der Waals surface area contributed by atoms with Gasteiger partial charge in [0.2, 0.25) is 0 Å². The lowest BCUT2D eigenvalue weighted by Gasteiger charge is -2.42. The molecule has 2 aliphatic rings. The molecule has 0 spiro atoms. The van der Waals surface area contributed by atoms with Crippen LogP contribution in [0.25, 0.3) is 0 Å². The molecule has 0 aromatic carbocycles. The second kappa shape index (κ2) is 12.4. The Hall–Kier alpha value is -0.290. The van der Waals surface area contributed by atoms with Crippen molar-refractivity contribution < 1.29 is 4.74 Å². The van der Waals surface area contributed by atoms with E-state index in [1.54, 1.807) is 0 Å². The number of nitrogens with zero attached hydrogens (tertiary/aromatic N) is 3. The highest BCUT2D eigenvalue weighted by atomic mass is 127. The van der Waals surface area contributed by atoms with Gasteiger partial charge in [0.15, 0.2) is 5.96 Å². The molecule has 0 bridgehead atoms. The van der Waals surface area contributed by atoms with E-state index in [0.717, 1.165) is 64.1 Å². The molecule has 2 fully saturated rings. The Morgan fingerprint density at radius 1 is 1.36 bits per heavy atom. The maximum atomic E-state index is 5.85. The van der Waals surface area contributed by atoms with Crippen molar-refractivity contribution in [1.82, 2.24) is 20.5 Å². The molecule has 2 saturated heterocycles. The molecular formula is C19H31ClIN5OS. The zero-order chi connectivity index (χ0) is 19.0. The molecule has 1 unspecified atom stereocenters. The van der Waals surface area contributed by atoms with Gasteiger partial charge in [-0.1, -0.05) is 17.7 Å². The van der Waals surface area contributed by atoms with Gasteiger partial charge < -0.3 is 15.4 Å². The van der Waals surface area contributed by atoms with Crippen molar-refractivity contribution in [1.29, 1.82) is 0 Å². The number of pyridine rings is 1. The largest absolute Gasteiger partial charge is 0.379 e. The van der Waals surface area contributed by atoms with Crippen LogP contribution in [0.5, 0.6) is 0 Å². The maximum Gasteiger partial charge on any atom is 0.191 e. The van der Waals surface area contributed by atoms with Crippen molar-refractivity contribution in [3.63, 3.8) is 0 Å². The highest BCUT2D eigenvalue weighted by Gasteiger charge is 2.40. The minimum atomic E-state index is 0. The quantitative estimate of drug-likeness (QED) is 0.240. The lowest BCUT2D eigenvalue weighted by atomic mass is 9.96. The topological polar surface area (TPSA) is 61.8 Å². The third-order valence-corrected chi connectivity index (χ3v) is 6.59. The fourth-order valence-electron chi connectivity index (χ4n) is 3.56. The van der Waals surface area contributed by atoms with Gasteiger partial charge in [-0.3, -0.25) is 9.89 Å². The molecule has 3 heterocycles. The molecule has 2 N–H and O–H groups in total. The molecule has 1 aromatic heterocycles. The second-order valence-electron chi connectivity index (χ2n) is 6.99. The summed E-state index contributed by atoms with van der Waals surface area (Å²) in [7, 11) is 0. The summed E-state index contributed by atoms with van der Waals surface area (Å²) < 4.78 is 5.55. The van der Waals surface area contributed by atoms with Crippen molar-refractivity contribution >= 4 is 53.3 Å². The van der Waals surface area contributed by atoms with Crippen molar-refractivity contribution in [3.05, 3.63) is 29.0 Å². The molecule has 1 aromatic rings. The molecule has 1 atom stereocenters. The summed E-state index contributed by atoms with van der Waals surface area (Å²) in [5.41, 5.74) is 1.34. The number of aromatic nitrogens is 1. The number of morpholine rings is 1. The molecule has 3 rings (SSSR count). The predicted octanol–water partition coefficient (Wildman–Crippen LogP) is 2.66. The van der Waals surface area contributed by atoms with E-state index in [1.165, 1.54) is 17.7 Å². The van der Waals surface area contributed by atoms with Crippen LogP contribution >= 0.6 is 47.3 Å². The van der Waals surface area contributed by atoms with E-state index in [2.05, 4.69) is 27.4 Å². The van der Waals surface area contributed by atoms with E-state index in [0.29, 0.717) is 5.15 Å². The Morgan fingerprint density at radius 3 is 2.82 bits per heavy atom. The molecule has 158 valence electrons. The number of halogens is 2. The van der Waals surface area contributed by atoms with Crippen LogP contribution in [0.2, 0.25) is 5.15 Å². The van der Waals surface area contributed by atoms with Crippen LogP contribution in [0, 0.1) is 0 Å². The van der Waals surface area contributed by atoms with E-state index >= 15 is 0 Å². The molecule has 6 nitrogen and oxygen atoms in total. The van der Waals surface area contributed by atoms with E-state index in [9.17, 15) is 0 Å². The highest BCUT2D eigenvalue weighted by molar-refractivity contribution is 14.0. The van der Waals surface area contributed by atoms with Crippen molar-refractivity contribution in [2.24, 2.45) is 4.99 Å². The Balaban J connectivity index is 0.00000280. The van der Waals surface area contributed by atoms with Gasteiger partial charge in [-0.25, -0.2) is 4.98 Å². The van der Waals surface area contributed by atoms with E-state index < -0.39 is 0 Å². The Labute approximate surface area is 194 Å². The number of rotatable bonds is 7. The molecule has 28 heavy (non-hydrogen) atoms. The Morgan fingerprint density at radius 2 is 2.18 bits per heavy atom. The van der Waals surface area contributed by atoms with Gasteiger partial charge in [-0.15, -0.1) is 24.0 Å². The van der Waals surface area contributed by atoms with Crippen LogP contribution in [0.4, 0.5) is 0 Å². The first-order valence-electron chi connectivity index (χ1n) is 9.75. The van der Waals surface area contributed by atoms with Crippen LogP contribution in [-0.4, -0.2) is 78.8 Å². The summed E-state index contributed by atoms with van der Waals surface area (Å²) in [5.74, 6) is 3.27. The fourth-order valence-corrected chi connectivity index (χ4v) is 5.13. The first-order chi connectivity index (χ1) is 13.2. The predicted molar refractivity (Wildman–Crippen MR) is 129 cm³/mol. The van der Waals surface area contributed by atoms with E-state index in [1.807, 2.05) is 30.1 Å². The monoisotopic (exact) mass is 539 g/mol. The van der Waals surface area contributed by atoms with Gasteiger partial charge in [0.1, 0.15) is 5.15 Å². The summed E-state index contributed by atoms with van der Waals surface area (Å²) in [6, 6.07) is 3.85. The maximum absolute atomic E-state index is 5.85. The zero-order valence-electron chi connectivity index (χ0n) is 16.5. The Kier molecular flexibility index (Phi) is 10.6. The van der Waals surface area contributed by atoms with Crippen LogP contribution in [0.3, 0.4) is 0 Å². The minimum Gasteiger partial charge on any atom is -0.379 e. The molecular weight excluding hydrogens is 509 g/mol. The molecule has 0 radical (unpaired) electrons. The standard InChI is InChI=1S/C19H30ClN5OS.HI/c1-2-21-18(22-7-5-16-3-4-17(20)23-13-16)24-14-19(6-12-27-15-19)25-8-10-26-11-9-25;/h3-4,13H,2,5-12,14-15H2,1H3,(H2,21,22,24);1H. The summed E-state index contributed by atoms with van der Waals surface area (Å²) >= 11 is 7.89. The molecule has 0 aliphatic carbocycles. The summed E-state index contributed by atoms with van der Waals surface area (Å²) in [6.07, 6.45) is 3.92. The normalized spacial score (nSPS) is 23.3. The van der Waals surface area contributed by atoms with Crippen LogP contribution in [0.15, 0.2) is 23.3 Å². The number of hydrogen-bond donors (Lipinski definition) is 2. The lowest BCUT2D eigenvalue weighted by molar-refractivity contribution is -0.0104. The number of aliphatic imine (C=N–C) groups is 1. The highest BCUT2D eigenvalue weighted by Crippen LogP contribution is 2.34. The lowest BCUT2D eigenvalue weighted by Crippen LogP contribution is -2.56. The first-order valence-corrected chi connectivity index (χ1v) is 11.3. The van der Waals surface area contributed by atoms with Gasteiger partial charge >= 0.3 is 0 Å². The van der Waals surface area contributed by atoms with Crippen molar-refractivity contribution in [2.45, 2.75) is 25.3 Å². The summed E-state index contributed by atoms with van der Waals surface area (Å²) in [5, 5.41) is 7.36. The molecule has 0 saturated carbocycles. The average Bonchev–Trinajstić information content (AvgIpc) is 3.18. The third kappa shape index (κ3) is 6.90. The van der Waals surface area contributed by atoms with Crippen LogP contribution < -0.4 is 10.6 Å². The molecule has 2 aliphatic heterocycles. The zero-order valence-corrected chi connectivity index (χ0v) is 20.4.